The van der Waals surface area contributed by atoms with Gasteiger partial charge >= 0.3 is 6.09 Å². The van der Waals surface area contributed by atoms with E-state index in [1.165, 1.54) is 0 Å². The molecule has 1 aromatic rings. The zero-order chi connectivity index (χ0) is 18.5. The van der Waals surface area contributed by atoms with Gasteiger partial charge in [-0.3, -0.25) is 4.90 Å². The maximum atomic E-state index is 12.0. The SMILES string of the molecule is COc1ccc(C[C@H]2NC[C@H](O)[C@H]2OC(=O)NCCN2CC(N)C2)cc1. The Bertz CT molecular complexity index is 591. The predicted molar refractivity (Wildman–Crippen MR) is 97.2 cm³/mol. The average molecular weight is 364 g/mol. The molecule has 1 amide bonds. The molecule has 5 N–H and O–H groups in total. The molecule has 0 radical (unpaired) electrons. The molecule has 3 atom stereocenters. The molecule has 2 aliphatic heterocycles. The number of methoxy groups -OCH3 is 1. The Morgan fingerprint density at radius 2 is 2.12 bits per heavy atom. The van der Waals surface area contributed by atoms with Crippen molar-refractivity contribution in [3.63, 3.8) is 0 Å². The first-order chi connectivity index (χ1) is 12.5. The third kappa shape index (κ3) is 4.85. The van der Waals surface area contributed by atoms with Gasteiger partial charge < -0.3 is 30.9 Å². The van der Waals surface area contributed by atoms with E-state index in [2.05, 4.69) is 15.5 Å². The van der Waals surface area contributed by atoms with Crippen molar-refractivity contribution in [1.29, 1.82) is 0 Å². The molecule has 0 unspecified atom stereocenters. The molecule has 0 spiro atoms. The highest BCUT2D eigenvalue weighted by molar-refractivity contribution is 5.67. The van der Waals surface area contributed by atoms with E-state index in [0.29, 0.717) is 19.5 Å². The first-order valence-electron chi connectivity index (χ1n) is 9.02. The second kappa shape index (κ2) is 8.68. The molecule has 144 valence electrons. The van der Waals surface area contributed by atoms with Crippen molar-refractivity contribution >= 4 is 6.09 Å². The average Bonchev–Trinajstić information content (AvgIpc) is 2.94. The summed E-state index contributed by atoms with van der Waals surface area (Å²) in [6, 6.07) is 7.86. The number of ether oxygens (including phenoxy) is 2. The van der Waals surface area contributed by atoms with Gasteiger partial charge in [-0.25, -0.2) is 4.79 Å². The normalized spacial score (nSPS) is 26.3. The summed E-state index contributed by atoms with van der Waals surface area (Å²) in [5, 5.41) is 16.1. The minimum absolute atomic E-state index is 0.127. The van der Waals surface area contributed by atoms with Gasteiger partial charge in [0.05, 0.1) is 13.2 Å². The van der Waals surface area contributed by atoms with E-state index < -0.39 is 18.3 Å². The number of β-amino-alcohol motifs (C(OH)–C–C–N with tert-alkyl or cyclic N) is 1. The van der Waals surface area contributed by atoms with Crippen molar-refractivity contribution in [1.82, 2.24) is 15.5 Å². The number of benzene rings is 1. The van der Waals surface area contributed by atoms with Crippen molar-refractivity contribution < 1.29 is 19.4 Å². The molecule has 2 aliphatic rings. The van der Waals surface area contributed by atoms with E-state index >= 15 is 0 Å². The predicted octanol–water partition coefficient (Wildman–Crippen LogP) is -0.692. The second-order valence-electron chi connectivity index (χ2n) is 6.95. The zero-order valence-electron chi connectivity index (χ0n) is 15.1. The van der Waals surface area contributed by atoms with Gasteiger partial charge in [-0.1, -0.05) is 12.1 Å². The molecule has 0 aliphatic carbocycles. The number of rotatable bonds is 7. The van der Waals surface area contributed by atoms with Crippen molar-refractivity contribution in [3.8, 4) is 5.75 Å². The molecule has 0 saturated carbocycles. The van der Waals surface area contributed by atoms with Crippen molar-refractivity contribution in [2.75, 3.05) is 39.8 Å². The molecular weight excluding hydrogens is 336 g/mol. The zero-order valence-corrected chi connectivity index (χ0v) is 15.1. The smallest absolute Gasteiger partial charge is 0.407 e. The van der Waals surface area contributed by atoms with Crippen LogP contribution in [0.3, 0.4) is 0 Å². The number of hydrogen-bond acceptors (Lipinski definition) is 7. The van der Waals surface area contributed by atoms with E-state index in [0.717, 1.165) is 30.9 Å². The largest absolute Gasteiger partial charge is 0.497 e. The number of nitrogens with zero attached hydrogens (tertiary/aromatic N) is 1. The fourth-order valence-electron chi connectivity index (χ4n) is 3.41. The van der Waals surface area contributed by atoms with Gasteiger partial charge in [-0.05, 0) is 24.1 Å². The topological polar surface area (TPSA) is 109 Å². The number of aliphatic hydroxyl groups is 1. The Kier molecular flexibility index (Phi) is 6.31. The summed E-state index contributed by atoms with van der Waals surface area (Å²) in [5.74, 6) is 0.795. The molecule has 0 bridgehead atoms. The molecule has 8 nitrogen and oxygen atoms in total. The third-order valence-corrected chi connectivity index (χ3v) is 4.91. The van der Waals surface area contributed by atoms with Gasteiger partial charge in [0.25, 0.3) is 0 Å². The van der Waals surface area contributed by atoms with Crippen LogP contribution in [-0.2, 0) is 11.2 Å². The minimum atomic E-state index is -0.711. The van der Waals surface area contributed by atoms with E-state index in [4.69, 9.17) is 15.2 Å². The Morgan fingerprint density at radius 3 is 2.77 bits per heavy atom. The van der Waals surface area contributed by atoms with Crippen LogP contribution >= 0.6 is 0 Å². The lowest BCUT2D eigenvalue weighted by molar-refractivity contribution is 0.0184. The van der Waals surface area contributed by atoms with Gasteiger partial charge in [-0.2, -0.15) is 0 Å². The molecule has 0 aromatic heterocycles. The van der Waals surface area contributed by atoms with Crippen LogP contribution in [-0.4, -0.2) is 80.2 Å². The summed E-state index contributed by atoms with van der Waals surface area (Å²) in [6.07, 6.45) is -1.13. The molecule has 2 fully saturated rings. The summed E-state index contributed by atoms with van der Waals surface area (Å²) < 4.78 is 10.6. The molecular formula is C18H28N4O4. The first-order valence-corrected chi connectivity index (χ1v) is 9.02. The highest BCUT2D eigenvalue weighted by atomic mass is 16.6. The van der Waals surface area contributed by atoms with Crippen molar-refractivity contribution in [2.45, 2.75) is 30.7 Å². The summed E-state index contributed by atoms with van der Waals surface area (Å²) in [7, 11) is 1.63. The van der Waals surface area contributed by atoms with Crippen LogP contribution in [0.15, 0.2) is 24.3 Å². The number of hydrogen-bond donors (Lipinski definition) is 4. The number of likely N-dealkylation sites (tertiary alicyclic amines) is 1. The molecule has 3 rings (SSSR count). The Balaban J connectivity index is 1.45. The van der Waals surface area contributed by atoms with Crippen LogP contribution in [0.1, 0.15) is 5.56 Å². The number of nitrogens with two attached hydrogens (primary N) is 1. The standard InChI is InChI=1S/C18H28N4O4/c1-25-14-4-2-12(3-5-14)8-15-17(16(23)9-21-15)26-18(24)20-6-7-22-10-13(19)11-22/h2-5,13,15-17,21,23H,6-11,19H2,1H3,(H,20,24)/t15-,16+,17+/m1/s1. The maximum absolute atomic E-state index is 12.0. The summed E-state index contributed by atoms with van der Waals surface area (Å²) in [5.41, 5.74) is 6.81. The summed E-state index contributed by atoms with van der Waals surface area (Å²) in [6.45, 7) is 3.40. The van der Waals surface area contributed by atoms with Gasteiger partial charge in [-0.15, -0.1) is 0 Å². The highest BCUT2D eigenvalue weighted by Crippen LogP contribution is 2.19. The minimum Gasteiger partial charge on any atom is -0.497 e. The number of amides is 1. The first kappa shape index (κ1) is 18.9. The highest BCUT2D eigenvalue weighted by Gasteiger charge is 2.37. The monoisotopic (exact) mass is 364 g/mol. The lowest BCUT2D eigenvalue weighted by Crippen LogP contribution is -2.57. The number of carbonyl (C=O) groups is 1. The van der Waals surface area contributed by atoms with Gasteiger partial charge in [0.2, 0.25) is 0 Å². The molecule has 2 saturated heterocycles. The van der Waals surface area contributed by atoms with Gasteiger partial charge in [0.15, 0.2) is 0 Å². The van der Waals surface area contributed by atoms with Crippen molar-refractivity contribution in [2.24, 2.45) is 5.73 Å². The number of alkyl carbamates (subject to hydrolysis) is 1. The maximum Gasteiger partial charge on any atom is 0.407 e. The van der Waals surface area contributed by atoms with Crippen LogP contribution < -0.4 is 21.1 Å². The van der Waals surface area contributed by atoms with Crippen LogP contribution in [0.25, 0.3) is 0 Å². The van der Waals surface area contributed by atoms with E-state index in [-0.39, 0.29) is 12.1 Å². The lowest BCUT2D eigenvalue weighted by Gasteiger charge is -2.36. The van der Waals surface area contributed by atoms with Crippen LogP contribution in [0, 0.1) is 0 Å². The van der Waals surface area contributed by atoms with Gasteiger partial charge in [0, 0.05) is 38.8 Å². The van der Waals surface area contributed by atoms with E-state index in [1.54, 1.807) is 7.11 Å². The molecule has 1 aromatic carbocycles. The number of nitrogens with one attached hydrogen (secondary N) is 2. The summed E-state index contributed by atoms with van der Waals surface area (Å²) in [4.78, 5) is 14.2. The second-order valence-corrected chi connectivity index (χ2v) is 6.95. The Morgan fingerprint density at radius 1 is 1.38 bits per heavy atom. The van der Waals surface area contributed by atoms with Crippen molar-refractivity contribution in [3.05, 3.63) is 29.8 Å². The van der Waals surface area contributed by atoms with Crippen LogP contribution in [0.5, 0.6) is 5.75 Å². The third-order valence-electron chi connectivity index (χ3n) is 4.91. The number of carbonyl (C=O) groups excluding carboxylic acids is 1. The fourth-order valence-corrected chi connectivity index (χ4v) is 3.41. The fraction of sp³-hybridized carbons (Fsp3) is 0.611. The molecule has 8 heteroatoms. The van der Waals surface area contributed by atoms with Crippen LogP contribution in [0.2, 0.25) is 0 Å². The summed E-state index contributed by atoms with van der Waals surface area (Å²) >= 11 is 0. The van der Waals surface area contributed by atoms with Gasteiger partial charge in [0.1, 0.15) is 18.0 Å². The Hall–Kier alpha value is -1.87. The lowest BCUT2D eigenvalue weighted by atomic mass is 10.0. The Labute approximate surface area is 153 Å². The van der Waals surface area contributed by atoms with E-state index in [1.807, 2.05) is 24.3 Å². The quantitative estimate of drug-likeness (QED) is 0.507. The molecule has 26 heavy (non-hydrogen) atoms. The molecule has 2 heterocycles. The van der Waals surface area contributed by atoms with Crippen LogP contribution in [0.4, 0.5) is 4.79 Å². The van der Waals surface area contributed by atoms with E-state index in [9.17, 15) is 9.90 Å². The number of aliphatic hydroxyl groups excluding tert-OH is 1.